The lowest BCUT2D eigenvalue weighted by molar-refractivity contribution is 0.415. The van der Waals surface area contributed by atoms with E-state index in [1.165, 1.54) is 5.56 Å². The Morgan fingerprint density at radius 3 is 2.52 bits per heavy atom. The first-order valence-corrected chi connectivity index (χ1v) is 8.79. The highest BCUT2D eigenvalue weighted by Crippen LogP contribution is 2.29. The topological polar surface area (TPSA) is 31.2 Å². The van der Waals surface area contributed by atoms with Crippen LogP contribution >= 0.6 is 0 Å². The van der Waals surface area contributed by atoms with Gasteiger partial charge in [-0.15, -0.1) is 0 Å². The number of ether oxygens (including phenoxy) is 1. The van der Waals surface area contributed by atoms with E-state index in [1.807, 2.05) is 31.2 Å². The molecule has 0 bridgehead atoms. The molecule has 3 aromatic rings. The largest absolute Gasteiger partial charge is 0.497 e. The molecule has 130 valence electrons. The molecule has 3 rings (SSSR count). The maximum Gasteiger partial charge on any atom is 0.192 e. The van der Waals surface area contributed by atoms with Crippen LogP contribution < -0.4 is 10.2 Å². The van der Waals surface area contributed by atoms with Gasteiger partial charge < -0.3 is 9.30 Å². The SMILES string of the molecule is CCn1c(-c2cccc(OC)c2)c(C)c(=O)c2cc(C(C)C)ccc21. The fraction of sp³-hybridized carbons (Fsp3) is 0.318. The highest BCUT2D eigenvalue weighted by molar-refractivity contribution is 5.85. The van der Waals surface area contributed by atoms with Crippen LogP contribution in [-0.4, -0.2) is 11.7 Å². The summed E-state index contributed by atoms with van der Waals surface area (Å²) in [6.45, 7) is 9.13. The third-order valence-corrected chi connectivity index (χ3v) is 4.85. The lowest BCUT2D eigenvalue weighted by Crippen LogP contribution is -2.16. The number of aryl methyl sites for hydroxylation is 1. The van der Waals surface area contributed by atoms with Crippen molar-refractivity contribution < 1.29 is 4.74 Å². The standard InChI is InChI=1S/C22H25NO2/c1-6-23-20-11-10-16(14(2)3)13-19(20)22(24)15(4)21(23)17-8-7-9-18(12-17)25-5/h7-14H,6H2,1-5H3. The van der Waals surface area contributed by atoms with Gasteiger partial charge in [0.15, 0.2) is 5.43 Å². The second kappa shape index (κ2) is 6.75. The molecule has 2 aromatic carbocycles. The van der Waals surface area contributed by atoms with E-state index in [0.29, 0.717) is 5.92 Å². The lowest BCUT2D eigenvalue weighted by Gasteiger charge is -2.19. The van der Waals surface area contributed by atoms with E-state index in [9.17, 15) is 4.79 Å². The summed E-state index contributed by atoms with van der Waals surface area (Å²) in [7, 11) is 1.66. The van der Waals surface area contributed by atoms with Crippen LogP contribution in [-0.2, 0) is 6.54 Å². The van der Waals surface area contributed by atoms with Crippen molar-refractivity contribution in [3.63, 3.8) is 0 Å². The first-order valence-electron chi connectivity index (χ1n) is 8.79. The third-order valence-electron chi connectivity index (χ3n) is 4.85. The van der Waals surface area contributed by atoms with Gasteiger partial charge in [-0.25, -0.2) is 0 Å². The van der Waals surface area contributed by atoms with Crippen molar-refractivity contribution in [3.05, 3.63) is 63.8 Å². The molecule has 0 saturated carbocycles. The zero-order valence-corrected chi connectivity index (χ0v) is 15.6. The van der Waals surface area contributed by atoms with Crippen molar-refractivity contribution >= 4 is 10.9 Å². The molecule has 0 aliphatic heterocycles. The number of benzene rings is 2. The van der Waals surface area contributed by atoms with Crippen LogP contribution in [0.4, 0.5) is 0 Å². The smallest absolute Gasteiger partial charge is 0.192 e. The molecular formula is C22H25NO2. The van der Waals surface area contributed by atoms with Crippen molar-refractivity contribution in [1.29, 1.82) is 0 Å². The molecule has 0 aliphatic carbocycles. The van der Waals surface area contributed by atoms with Crippen molar-refractivity contribution in [1.82, 2.24) is 4.57 Å². The Labute approximate surface area is 148 Å². The van der Waals surface area contributed by atoms with Crippen molar-refractivity contribution in [2.24, 2.45) is 0 Å². The number of fused-ring (bicyclic) bond motifs is 1. The van der Waals surface area contributed by atoms with E-state index in [-0.39, 0.29) is 5.43 Å². The van der Waals surface area contributed by atoms with Gasteiger partial charge in [0.25, 0.3) is 0 Å². The molecule has 3 heteroatoms. The van der Waals surface area contributed by atoms with Crippen LogP contribution in [0, 0.1) is 6.92 Å². The fourth-order valence-electron chi connectivity index (χ4n) is 3.43. The second-order valence-electron chi connectivity index (χ2n) is 6.71. The van der Waals surface area contributed by atoms with Gasteiger partial charge in [-0.05, 0) is 49.6 Å². The molecule has 1 heterocycles. The molecule has 0 spiro atoms. The van der Waals surface area contributed by atoms with Crippen LogP contribution in [0.3, 0.4) is 0 Å². The number of pyridine rings is 1. The Balaban J connectivity index is 2.38. The summed E-state index contributed by atoms with van der Waals surface area (Å²) in [6.07, 6.45) is 0. The summed E-state index contributed by atoms with van der Waals surface area (Å²) in [5, 5.41) is 0.803. The average Bonchev–Trinajstić information content (AvgIpc) is 2.63. The predicted molar refractivity (Wildman–Crippen MR) is 105 cm³/mol. The second-order valence-corrected chi connectivity index (χ2v) is 6.71. The number of hydrogen-bond donors (Lipinski definition) is 0. The molecule has 1 aromatic heterocycles. The van der Waals surface area contributed by atoms with Gasteiger partial charge in [0, 0.05) is 23.1 Å². The summed E-state index contributed by atoms with van der Waals surface area (Å²) in [4.78, 5) is 13.1. The number of nitrogens with zero attached hydrogens (tertiary/aromatic N) is 1. The number of aromatic nitrogens is 1. The minimum absolute atomic E-state index is 0.111. The van der Waals surface area contributed by atoms with E-state index in [0.717, 1.165) is 40.0 Å². The van der Waals surface area contributed by atoms with Crippen molar-refractivity contribution in [2.75, 3.05) is 7.11 Å². The van der Waals surface area contributed by atoms with Gasteiger partial charge in [0.2, 0.25) is 0 Å². The minimum atomic E-state index is 0.111. The Morgan fingerprint density at radius 2 is 1.88 bits per heavy atom. The Hall–Kier alpha value is -2.55. The molecule has 3 nitrogen and oxygen atoms in total. The van der Waals surface area contributed by atoms with Gasteiger partial charge in [-0.1, -0.05) is 32.0 Å². The highest BCUT2D eigenvalue weighted by Gasteiger charge is 2.16. The summed E-state index contributed by atoms with van der Waals surface area (Å²) < 4.78 is 7.59. The highest BCUT2D eigenvalue weighted by atomic mass is 16.5. The molecule has 0 N–H and O–H groups in total. The van der Waals surface area contributed by atoms with Crippen LogP contribution in [0.15, 0.2) is 47.3 Å². The van der Waals surface area contributed by atoms with Crippen LogP contribution in [0.1, 0.15) is 37.8 Å². The van der Waals surface area contributed by atoms with Gasteiger partial charge in [0.05, 0.1) is 18.3 Å². The van der Waals surface area contributed by atoms with E-state index < -0.39 is 0 Å². The number of hydrogen-bond acceptors (Lipinski definition) is 2. The monoisotopic (exact) mass is 335 g/mol. The Kier molecular flexibility index (Phi) is 4.67. The molecule has 0 radical (unpaired) electrons. The molecule has 0 fully saturated rings. The van der Waals surface area contributed by atoms with Crippen LogP contribution in [0.2, 0.25) is 0 Å². The van der Waals surface area contributed by atoms with Crippen molar-refractivity contribution in [2.45, 2.75) is 40.2 Å². The Morgan fingerprint density at radius 1 is 1.12 bits per heavy atom. The normalized spacial score (nSPS) is 11.3. The zero-order chi connectivity index (χ0) is 18.1. The van der Waals surface area contributed by atoms with E-state index in [4.69, 9.17) is 4.74 Å². The first-order chi connectivity index (χ1) is 12.0. The summed E-state index contributed by atoms with van der Waals surface area (Å²) in [5.41, 5.74) is 5.05. The predicted octanol–water partition coefficient (Wildman–Crippen LogP) is 5.13. The minimum Gasteiger partial charge on any atom is -0.497 e. The number of methoxy groups -OCH3 is 1. The molecule has 0 atom stereocenters. The van der Waals surface area contributed by atoms with Gasteiger partial charge in [-0.3, -0.25) is 4.79 Å². The first kappa shape index (κ1) is 17.3. The summed E-state index contributed by atoms with van der Waals surface area (Å²) >= 11 is 0. The summed E-state index contributed by atoms with van der Waals surface area (Å²) in [6, 6.07) is 14.2. The number of rotatable bonds is 4. The van der Waals surface area contributed by atoms with Crippen molar-refractivity contribution in [3.8, 4) is 17.0 Å². The van der Waals surface area contributed by atoms with E-state index >= 15 is 0 Å². The molecule has 0 amide bonds. The molecular weight excluding hydrogens is 310 g/mol. The van der Waals surface area contributed by atoms with Crippen LogP contribution in [0.5, 0.6) is 5.75 Å². The average molecular weight is 335 g/mol. The van der Waals surface area contributed by atoms with Gasteiger partial charge in [-0.2, -0.15) is 0 Å². The Bertz CT molecular complexity index is 983. The van der Waals surface area contributed by atoms with E-state index in [2.05, 4.69) is 43.5 Å². The molecule has 0 unspecified atom stereocenters. The van der Waals surface area contributed by atoms with Gasteiger partial charge >= 0.3 is 0 Å². The molecule has 0 saturated heterocycles. The van der Waals surface area contributed by atoms with E-state index in [1.54, 1.807) is 7.11 Å². The fourth-order valence-corrected chi connectivity index (χ4v) is 3.43. The van der Waals surface area contributed by atoms with Gasteiger partial charge in [0.1, 0.15) is 5.75 Å². The molecule has 0 aliphatic rings. The quantitative estimate of drug-likeness (QED) is 0.662. The summed E-state index contributed by atoms with van der Waals surface area (Å²) in [5.74, 6) is 1.19. The lowest BCUT2D eigenvalue weighted by atomic mass is 9.97. The maximum absolute atomic E-state index is 13.1. The van der Waals surface area contributed by atoms with Crippen LogP contribution in [0.25, 0.3) is 22.2 Å². The third kappa shape index (κ3) is 2.95. The maximum atomic E-state index is 13.1. The zero-order valence-electron chi connectivity index (χ0n) is 15.6. The molecule has 25 heavy (non-hydrogen) atoms.